The van der Waals surface area contributed by atoms with Crippen LogP contribution in [0, 0.1) is 0 Å². The third-order valence-corrected chi connectivity index (χ3v) is 7.97. The first kappa shape index (κ1) is 21.6. The summed E-state index contributed by atoms with van der Waals surface area (Å²) in [6.07, 6.45) is 5.63. The minimum absolute atomic E-state index is 0.192. The Morgan fingerprint density at radius 3 is 2.50 bits per heavy atom. The number of allylic oxidation sites excluding steroid dienone is 1. The molecule has 1 saturated carbocycles. The number of amides is 1. The van der Waals surface area contributed by atoms with E-state index < -0.39 is 0 Å². The number of halogens is 1. The molecule has 2 heterocycles. The molecule has 2 aromatic carbocycles. The second-order valence-electron chi connectivity index (χ2n) is 8.55. The highest BCUT2D eigenvalue weighted by Gasteiger charge is 2.35. The Morgan fingerprint density at radius 2 is 1.84 bits per heavy atom. The summed E-state index contributed by atoms with van der Waals surface area (Å²) in [6.45, 7) is 4.66. The molecule has 0 N–H and O–H groups in total. The zero-order valence-corrected chi connectivity index (χ0v) is 20.0. The molecule has 5 rings (SSSR count). The Labute approximate surface area is 199 Å². The van der Waals surface area contributed by atoms with E-state index in [0.29, 0.717) is 0 Å². The fraction of sp³-hybridized carbons (Fsp3) is 0.385. The van der Waals surface area contributed by atoms with Gasteiger partial charge in [0.15, 0.2) is 5.17 Å². The van der Waals surface area contributed by atoms with Crippen molar-refractivity contribution in [2.45, 2.75) is 44.3 Å². The first-order chi connectivity index (χ1) is 15.7. The van der Waals surface area contributed by atoms with E-state index in [0.717, 1.165) is 72.3 Å². The molecule has 3 aliphatic rings. The number of hydrogen-bond acceptors (Lipinski definition) is 4. The van der Waals surface area contributed by atoms with Crippen LogP contribution in [0.25, 0.3) is 5.70 Å². The van der Waals surface area contributed by atoms with Crippen LogP contribution in [0.15, 0.2) is 59.1 Å². The molecule has 0 radical (unpaired) electrons. The number of thioether (sulfide) groups is 1. The van der Waals surface area contributed by atoms with Crippen LogP contribution >= 0.6 is 23.4 Å². The van der Waals surface area contributed by atoms with Crippen molar-refractivity contribution in [3.63, 3.8) is 0 Å². The van der Waals surface area contributed by atoms with E-state index in [-0.39, 0.29) is 11.2 Å². The number of rotatable bonds is 4. The molecule has 1 aliphatic carbocycles. The number of hydrogen-bond donors (Lipinski definition) is 0. The van der Waals surface area contributed by atoms with E-state index in [1.165, 1.54) is 17.7 Å². The van der Waals surface area contributed by atoms with Gasteiger partial charge in [-0.1, -0.05) is 53.7 Å². The molecule has 6 heteroatoms. The maximum absolute atomic E-state index is 13.6. The van der Waals surface area contributed by atoms with E-state index >= 15 is 0 Å². The van der Waals surface area contributed by atoms with Crippen molar-refractivity contribution in [2.24, 2.45) is 4.99 Å². The van der Waals surface area contributed by atoms with Gasteiger partial charge in [-0.05, 0) is 68.4 Å². The summed E-state index contributed by atoms with van der Waals surface area (Å²) in [7, 11) is 0. The second-order valence-corrected chi connectivity index (χ2v) is 10.1. The number of amidine groups is 1. The molecule has 32 heavy (non-hydrogen) atoms. The quantitative estimate of drug-likeness (QED) is 0.506. The summed E-state index contributed by atoms with van der Waals surface area (Å²) in [5.41, 5.74) is 5.80. The average Bonchev–Trinajstić information content (AvgIpc) is 3.32. The van der Waals surface area contributed by atoms with E-state index in [1.807, 2.05) is 41.3 Å². The molecular formula is C26H28ClN3OS. The summed E-state index contributed by atoms with van der Waals surface area (Å²) in [4.78, 5) is 22.9. The van der Waals surface area contributed by atoms with Gasteiger partial charge in [-0.3, -0.25) is 4.79 Å². The van der Waals surface area contributed by atoms with Gasteiger partial charge >= 0.3 is 0 Å². The predicted octanol–water partition coefficient (Wildman–Crippen LogP) is 6.65. The minimum Gasteiger partial charge on any atom is -0.341 e. The van der Waals surface area contributed by atoms with Gasteiger partial charge in [-0.2, -0.15) is 0 Å². The molecule has 1 atom stereocenters. The molecule has 1 amide bonds. The van der Waals surface area contributed by atoms with Gasteiger partial charge in [-0.25, -0.2) is 4.99 Å². The Bertz CT molecular complexity index is 1070. The largest absolute Gasteiger partial charge is 0.341 e. The molecule has 2 aliphatic heterocycles. The van der Waals surface area contributed by atoms with Crippen molar-refractivity contribution in [3.05, 3.63) is 70.3 Å². The van der Waals surface area contributed by atoms with Crippen LogP contribution < -0.4 is 0 Å². The lowest BCUT2D eigenvalue weighted by molar-refractivity contribution is -0.129. The summed E-state index contributed by atoms with van der Waals surface area (Å²) in [5.74, 6) is 0.192. The van der Waals surface area contributed by atoms with Crippen molar-refractivity contribution in [1.29, 1.82) is 0 Å². The topological polar surface area (TPSA) is 35.9 Å². The highest BCUT2D eigenvalue weighted by molar-refractivity contribution is 8.14. The van der Waals surface area contributed by atoms with Gasteiger partial charge < -0.3 is 9.80 Å². The predicted molar refractivity (Wildman–Crippen MR) is 134 cm³/mol. The van der Waals surface area contributed by atoms with Crippen LogP contribution in [0.1, 0.15) is 55.4 Å². The van der Waals surface area contributed by atoms with Crippen molar-refractivity contribution >= 4 is 45.8 Å². The lowest BCUT2D eigenvalue weighted by Gasteiger charge is -2.37. The van der Waals surface area contributed by atoms with Crippen LogP contribution in [0.3, 0.4) is 0 Å². The van der Waals surface area contributed by atoms with Gasteiger partial charge in [0.2, 0.25) is 5.91 Å². The van der Waals surface area contributed by atoms with Crippen LogP contribution in [0.2, 0.25) is 5.02 Å². The fourth-order valence-electron chi connectivity index (χ4n) is 4.65. The number of carbonyl (C=O) groups excluding carboxylic acids is 1. The number of fused-ring (bicyclic) bond motifs is 1. The maximum atomic E-state index is 13.6. The molecule has 2 fully saturated rings. The Balaban J connectivity index is 1.56. The molecule has 0 spiro atoms. The molecular weight excluding hydrogens is 438 g/mol. The summed E-state index contributed by atoms with van der Waals surface area (Å²) in [5, 5.41) is 1.33. The lowest BCUT2D eigenvalue weighted by Crippen LogP contribution is -2.35. The Kier molecular flexibility index (Phi) is 6.29. The van der Waals surface area contributed by atoms with Crippen molar-refractivity contribution < 1.29 is 4.79 Å². The molecule has 4 nitrogen and oxygen atoms in total. The maximum Gasteiger partial charge on any atom is 0.240 e. The molecule has 1 unspecified atom stereocenters. The minimum atomic E-state index is -0.302. The van der Waals surface area contributed by atoms with Crippen molar-refractivity contribution in [1.82, 2.24) is 9.80 Å². The van der Waals surface area contributed by atoms with E-state index in [4.69, 9.17) is 16.6 Å². The lowest BCUT2D eigenvalue weighted by atomic mass is 9.87. The normalized spacial score (nSPS) is 18.9. The number of likely N-dealkylation sites (tertiary alicyclic amines) is 1. The zero-order valence-electron chi connectivity index (χ0n) is 18.4. The first-order valence-electron chi connectivity index (χ1n) is 11.5. The summed E-state index contributed by atoms with van der Waals surface area (Å²) in [6, 6.07) is 16.1. The molecule has 0 bridgehead atoms. The molecule has 0 aromatic heterocycles. The van der Waals surface area contributed by atoms with E-state index in [1.54, 1.807) is 11.8 Å². The van der Waals surface area contributed by atoms with E-state index in [2.05, 4.69) is 24.0 Å². The zero-order chi connectivity index (χ0) is 22.1. The van der Waals surface area contributed by atoms with Crippen molar-refractivity contribution in [3.8, 4) is 0 Å². The Morgan fingerprint density at radius 1 is 1.09 bits per heavy atom. The van der Waals surface area contributed by atoms with Gasteiger partial charge in [0.25, 0.3) is 0 Å². The third kappa shape index (κ3) is 4.08. The Hall–Kier alpha value is -2.24. The summed E-state index contributed by atoms with van der Waals surface area (Å²) >= 11 is 7.96. The molecule has 1 saturated heterocycles. The fourth-order valence-corrected chi connectivity index (χ4v) is 6.08. The highest BCUT2D eigenvalue weighted by atomic mass is 35.5. The standard InChI is InChI=1S/C26H28ClN3OS/c1-2-30-23(18-11-8-12-18)21-17-20(27)13-14-22(21)28-26(30)32-24(19-9-4-3-5-10-19)25(31)29-15-6-7-16-29/h3-5,9-10,13-14,17,24H,2,6-8,11-12,15-16H2,1H3. The average molecular weight is 466 g/mol. The molecule has 2 aromatic rings. The highest BCUT2D eigenvalue weighted by Crippen LogP contribution is 2.46. The van der Waals surface area contributed by atoms with Gasteiger partial charge in [0.05, 0.1) is 11.4 Å². The van der Waals surface area contributed by atoms with Crippen LogP contribution in [0.4, 0.5) is 5.69 Å². The van der Waals surface area contributed by atoms with Crippen LogP contribution in [0.5, 0.6) is 0 Å². The number of carbonyl (C=O) groups is 1. The molecule has 166 valence electrons. The van der Waals surface area contributed by atoms with E-state index in [9.17, 15) is 4.79 Å². The van der Waals surface area contributed by atoms with Gasteiger partial charge in [0, 0.05) is 30.2 Å². The number of nitrogens with zero attached hydrogens (tertiary/aromatic N) is 3. The smallest absolute Gasteiger partial charge is 0.240 e. The van der Waals surface area contributed by atoms with Gasteiger partial charge in [-0.15, -0.1) is 0 Å². The number of aliphatic imine (C=N–C) groups is 1. The van der Waals surface area contributed by atoms with Gasteiger partial charge in [0.1, 0.15) is 5.25 Å². The monoisotopic (exact) mass is 465 g/mol. The first-order valence-corrected chi connectivity index (χ1v) is 12.8. The van der Waals surface area contributed by atoms with Crippen LogP contribution in [-0.4, -0.2) is 40.5 Å². The second kappa shape index (κ2) is 9.32. The van der Waals surface area contributed by atoms with Crippen molar-refractivity contribution in [2.75, 3.05) is 19.6 Å². The van der Waals surface area contributed by atoms with Crippen LogP contribution in [-0.2, 0) is 4.79 Å². The third-order valence-electron chi connectivity index (χ3n) is 6.51. The SMILES string of the molecule is CCN1C(SC(C(=O)N2CCCC2)c2ccccc2)=Nc2ccc(Cl)cc2C1=C1CCC1. The number of benzene rings is 2. The summed E-state index contributed by atoms with van der Waals surface area (Å²) < 4.78 is 0.